The van der Waals surface area contributed by atoms with Gasteiger partial charge in [-0.25, -0.2) is 17.5 Å². The van der Waals surface area contributed by atoms with E-state index < -0.39 is 27.4 Å². The number of aliphatic hydroxyl groups excluding tert-OH is 1. The Labute approximate surface area is 120 Å². The Morgan fingerprint density at radius 1 is 1.25 bits per heavy atom. The minimum Gasteiger partial charge on any atom is -0.392 e. The molecule has 1 aromatic carbocycles. The molecule has 2 N–H and O–H groups in total. The topological polar surface area (TPSA) is 66.4 Å². The van der Waals surface area contributed by atoms with Gasteiger partial charge in [0.15, 0.2) is 0 Å². The molecule has 6 heteroatoms. The van der Waals surface area contributed by atoms with Gasteiger partial charge in [0.25, 0.3) is 0 Å². The van der Waals surface area contributed by atoms with Crippen LogP contribution in [-0.4, -0.2) is 26.2 Å². The Morgan fingerprint density at radius 2 is 1.75 bits per heavy atom. The summed E-state index contributed by atoms with van der Waals surface area (Å²) in [5.41, 5.74) is -0.596. The van der Waals surface area contributed by atoms with Crippen molar-refractivity contribution < 1.29 is 17.9 Å². The van der Waals surface area contributed by atoms with Crippen LogP contribution in [0, 0.1) is 17.2 Å². The monoisotopic (exact) mass is 303 g/mol. The standard InChI is InChI=1S/C14H22FNO3S/c1-10(2)13(17)14(3,4)9-16-20(18,19)12-7-5-11(15)6-8-12/h5-8,10,13,16-17H,9H2,1-4H3. The van der Waals surface area contributed by atoms with E-state index in [1.807, 2.05) is 13.8 Å². The summed E-state index contributed by atoms with van der Waals surface area (Å²) < 4.78 is 39.4. The summed E-state index contributed by atoms with van der Waals surface area (Å²) in [5, 5.41) is 10.1. The average molecular weight is 303 g/mol. The van der Waals surface area contributed by atoms with Crippen LogP contribution in [-0.2, 0) is 10.0 Å². The third-order valence-corrected chi connectivity index (χ3v) is 4.69. The van der Waals surface area contributed by atoms with Gasteiger partial charge < -0.3 is 5.11 Å². The van der Waals surface area contributed by atoms with E-state index in [0.29, 0.717) is 0 Å². The molecule has 0 saturated carbocycles. The average Bonchev–Trinajstić information content (AvgIpc) is 2.36. The van der Waals surface area contributed by atoms with Crippen molar-refractivity contribution in [2.75, 3.05) is 6.54 Å². The van der Waals surface area contributed by atoms with E-state index in [4.69, 9.17) is 0 Å². The molecule has 1 rings (SSSR count). The molecule has 1 aromatic rings. The second kappa shape index (κ2) is 6.20. The first kappa shape index (κ1) is 17.1. The molecule has 0 amide bonds. The van der Waals surface area contributed by atoms with Crippen LogP contribution in [0.4, 0.5) is 4.39 Å². The molecule has 0 aliphatic carbocycles. The fraction of sp³-hybridized carbons (Fsp3) is 0.571. The zero-order valence-corrected chi connectivity index (χ0v) is 13.0. The van der Waals surface area contributed by atoms with Gasteiger partial charge in [0, 0.05) is 12.0 Å². The largest absolute Gasteiger partial charge is 0.392 e. The van der Waals surface area contributed by atoms with E-state index in [9.17, 15) is 17.9 Å². The molecule has 0 saturated heterocycles. The number of hydrogen-bond donors (Lipinski definition) is 2. The van der Waals surface area contributed by atoms with Crippen LogP contribution in [0.5, 0.6) is 0 Å². The van der Waals surface area contributed by atoms with Crippen LogP contribution in [0.1, 0.15) is 27.7 Å². The predicted octanol–water partition coefficient (Wildman–Crippen LogP) is 2.15. The summed E-state index contributed by atoms with van der Waals surface area (Å²) >= 11 is 0. The SMILES string of the molecule is CC(C)C(O)C(C)(C)CNS(=O)(=O)c1ccc(F)cc1. The zero-order chi connectivity index (χ0) is 15.6. The van der Waals surface area contributed by atoms with Crippen LogP contribution in [0.15, 0.2) is 29.2 Å². The quantitative estimate of drug-likeness (QED) is 0.846. The maximum absolute atomic E-state index is 12.8. The normalized spacial score (nSPS) is 14.6. The van der Waals surface area contributed by atoms with Crippen molar-refractivity contribution in [1.29, 1.82) is 0 Å². The Morgan fingerprint density at radius 3 is 2.20 bits per heavy atom. The zero-order valence-electron chi connectivity index (χ0n) is 12.2. The molecule has 0 spiro atoms. The summed E-state index contributed by atoms with van der Waals surface area (Å²) in [4.78, 5) is 0.00809. The van der Waals surface area contributed by atoms with E-state index in [2.05, 4.69) is 4.72 Å². The molecular weight excluding hydrogens is 281 g/mol. The van der Waals surface area contributed by atoms with Crippen molar-refractivity contribution in [3.05, 3.63) is 30.1 Å². The third kappa shape index (κ3) is 4.26. The van der Waals surface area contributed by atoms with E-state index >= 15 is 0 Å². The Kier molecular flexibility index (Phi) is 5.29. The van der Waals surface area contributed by atoms with Crippen LogP contribution in [0.2, 0.25) is 0 Å². The summed E-state index contributed by atoms with van der Waals surface area (Å²) in [6.45, 7) is 7.45. The van der Waals surface area contributed by atoms with Gasteiger partial charge in [0.05, 0.1) is 11.0 Å². The number of rotatable bonds is 6. The maximum atomic E-state index is 12.8. The first-order chi connectivity index (χ1) is 9.06. The lowest BCUT2D eigenvalue weighted by atomic mass is 9.81. The van der Waals surface area contributed by atoms with E-state index in [1.54, 1.807) is 13.8 Å². The predicted molar refractivity (Wildman–Crippen MR) is 76.2 cm³/mol. The van der Waals surface area contributed by atoms with Gasteiger partial charge in [-0.15, -0.1) is 0 Å². The molecule has 0 bridgehead atoms. The Bertz CT molecular complexity index is 538. The summed E-state index contributed by atoms with van der Waals surface area (Å²) in [7, 11) is -3.70. The number of sulfonamides is 1. The van der Waals surface area contributed by atoms with Crippen LogP contribution in [0.3, 0.4) is 0 Å². The first-order valence-electron chi connectivity index (χ1n) is 6.49. The van der Waals surface area contributed by atoms with Gasteiger partial charge in [0.1, 0.15) is 5.82 Å². The van der Waals surface area contributed by atoms with Crippen molar-refractivity contribution in [3.8, 4) is 0 Å². The van der Waals surface area contributed by atoms with Crippen molar-refractivity contribution in [3.63, 3.8) is 0 Å². The highest BCUT2D eigenvalue weighted by atomic mass is 32.2. The van der Waals surface area contributed by atoms with E-state index in [-0.39, 0.29) is 17.4 Å². The minimum atomic E-state index is -3.70. The van der Waals surface area contributed by atoms with Gasteiger partial charge >= 0.3 is 0 Å². The molecule has 0 radical (unpaired) electrons. The Hall–Kier alpha value is -0.980. The van der Waals surface area contributed by atoms with Crippen molar-refractivity contribution in [1.82, 2.24) is 4.72 Å². The molecule has 114 valence electrons. The van der Waals surface area contributed by atoms with Crippen molar-refractivity contribution in [2.45, 2.75) is 38.7 Å². The van der Waals surface area contributed by atoms with E-state index in [1.165, 1.54) is 12.1 Å². The molecule has 0 aliphatic heterocycles. The van der Waals surface area contributed by atoms with Gasteiger partial charge in [0.2, 0.25) is 10.0 Å². The van der Waals surface area contributed by atoms with Crippen LogP contribution < -0.4 is 4.72 Å². The van der Waals surface area contributed by atoms with Gasteiger partial charge in [-0.1, -0.05) is 27.7 Å². The molecule has 4 nitrogen and oxygen atoms in total. The molecule has 0 aliphatic rings. The highest BCUT2D eigenvalue weighted by Gasteiger charge is 2.31. The molecule has 1 atom stereocenters. The van der Waals surface area contributed by atoms with Gasteiger partial charge in [-0.3, -0.25) is 0 Å². The van der Waals surface area contributed by atoms with Gasteiger partial charge in [-0.05, 0) is 30.2 Å². The van der Waals surface area contributed by atoms with E-state index in [0.717, 1.165) is 12.1 Å². The number of nitrogens with one attached hydrogen (secondary N) is 1. The fourth-order valence-electron chi connectivity index (χ4n) is 1.99. The highest BCUT2D eigenvalue weighted by molar-refractivity contribution is 7.89. The lowest BCUT2D eigenvalue weighted by Crippen LogP contribution is -2.43. The molecule has 1 unspecified atom stereocenters. The molecular formula is C14H22FNO3S. The molecule has 0 heterocycles. The number of benzene rings is 1. The summed E-state index contributed by atoms with van der Waals surface area (Å²) in [5.74, 6) is -0.458. The lowest BCUT2D eigenvalue weighted by Gasteiger charge is -2.33. The van der Waals surface area contributed by atoms with Crippen LogP contribution >= 0.6 is 0 Å². The van der Waals surface area contributed by atoms with Crippen LogP contribution in [0.25, 0.3) is 0 Å². The molecule has 0 aromatic heterocycles. The lowest BCUT2D eigenvalue weighted by molar-refractivity contribution is 0.0166. The number of hydrogen-bond acceptors (Lipinski definition) is 3. The summed E-state index contributed by atoms with van der Waals surface area (Å²) in [6, 6.07) is 4.62. The second-order valence-electron chi connectivity index (χ2n) is 5.96. The van der Waals surface area contributed by atoms with Gasteiger partial charge in [-0.2, -0.15) is 0 Å². The van der Waals surface area contributed by atoms with Crippen molar-refractivity contribution >= 4 is 10.0 Å². The second-order valence-corrected chi connectivity index (χ2v) is 7.72. The van der Waals surface area contributed by atoms with Crippen molar-refractivity contribution in [2.24, 2.45) is 11.3 Å². The smallest absolute Gasteiger partial charge is 0.240 e. The number of aliphatic hydroxyl groups is 1. The summed E-state index contributed by atoms with van der Waals surface area (Å²) in [6.07, 6.45) is -0.626. The number of halogens is 1. The molecule has 0 fully saturated rings. The maximum Gasteiger partial charge on any atom is 0.240 e. The highest BCUT2D eigenvalue weighted by Crippen LogP contribution is 2.25. The minimum absolute atomic E-state index is 0.00809. The fourth-order valence-corrected chi connectivity index (χ4v) is 3.21. The third-order valence-electron chi connectivity index (χ3n) is 3.27. The Balaban J connectivity index is 2.80. The first-order valence-corrected chi connectivity index (χ1v) is 7.98. The molecule has 20 heavy (non-hydrogen) atoms.